The Morgan fingerprint density at radius 3 is 2.73 bits per heavy atom. The Bertz CT molecular complexity index is 923. The minimum absolute atomic E-state index is 0.288. The van der Waals surface area contributed by atoms with Gasteiger partial charge in [0.25, 0.3) is 0 Å². The van der Waals surface area contributed by atoms with Crippen LogP contribution in [0.3, 0.4) is 0 Å². The minimum atomic E-state index is -0.535. The zero-order valence-electron chi connectivity index (χ0n) is 15.5. The molecule has 2 unspecified atom stereocenters. The molecule has 2 atom stereocenters. The molecule has 6 nitrogen and oxygen atoms in total. The fourth-order valence-corrected chi connectivity index (χ4v) is 3.23. The summed E-state index contributed by atoms with van der Waals surface area (Å²) in [7, 11) is 0. The molecule has 0 spiro atoms. The monoisotopic (exact) mass is 348 g/mol. The maximum absolute atomic E-state index is 9.85. The molecule has 2 heterocycles. The molecule has 0 aliphatic heterocycles. The summed E-state index contributed by atoms with van der Waals surface area (Å²) in [6.45, 7) is 7.07. The highest BCUT2D eigenvalue weighted by molar-refractivity contribution is 5.76. The van der Waals surface area contributed by atoms with Crippen LogP contribution < -0.4 is 5.32 Å². The molecule has 1 aromatic carbocycles. The Morgan fingerprint density at radius 2 is 2.00 bits per heavy atom. The smallest absolute Gasteiger partial charge is 0.223 e. The molecule has 0 aliphatic carbocycles. The highest BCUT2D eigenvalue weighted by Gasteiger charge is 2.23. The van der Waals surface area contributed by atoms with Crippen LogP contribution in [0.5, 0.6) is 0 Å². The number of para-hydroxylation sites is 2. The van der Waals surface area contributed by atoms with Gasteiger partial charge in [0, 0.05) is 18.8 Å². The van der Waals surface area contributed by atoms with Crippen LogP contribution in [0.25, 0.3) is 11.0 Å². The van der Waals surface area contributed by atoms with Gasteiger partial charge in [0.1, 0.15) is 11.7 Å². The molecule has 134 valence electrons. The first-order chi connectivity index (χ1) is 12.7. The van der Waals surface area contributed by atoms with E-state index in [4.69, 9.17) is 4.98 Å². The van der Waals surface area contributed by atoms with Gasteiger partial charge in [-0.3, -0.25) is 0 Å². The van der Waals surface area contributed by atoms with E-state index >= 15 is 0 Å². The molecule has 6 heteroatoms. The van der Waals surface area contributed by atoms with E-state index in [9.17, 15) is 5.26 Å². The van der Waals surface area contributed by atoms with E-state index in [0.717, 1.165) is 36.2 Å². The van der Waals surface area contributed by atoms with Crippen molar-refractivity contribution < 1.29 is 0 Å². The second-order valence-electron chi connectivity index (χ2n) is 6.40. The molecular weight excluding hydrogens is 324 g/mol. The Balaban J connectivity index is 1.99. The van der Waals surface area contributed by atoms with Gasteiger partial charge in [-0.05, 0) is 38.5 Å². The lowest BCUT2D eigenvalue weighted by atomic mass is 10.1. The van der Waals surface area contributed by atoms with Gasteiger partial charge in [-0.1, -0.05) is 25.5 Å². The molecule has 0 aliphatic rings. The maximum Gasteiger partial charge on any atom is 0.223 e. The zero-order chi connectivity index (χ0) is 18.5. The van der Waals surface area contributed by atoms with Crippen LogP contribution in [0.1, 0.15) is 51.0 Å². The van der Waals surface area contributed by atoms with E-state index in [1.165, 1.54) is 0 Å². The lowest BCUT2D eigenvalue weighted by Gasteiger charge is -2.15. The van der Waals surface area contributed by atoms with Crippen LogP contribution in [0.2, 0.25) is 0 Å². The molecule has 2 aromatic heterocycles. The van der Waals surface area contributed by atoms with Crippen LogP contribution in [-0.4, -0.2) is 25.6 Å². The fraction of sp³-hybridized carbons (Fsp3) is 0.400. The van der Waals surface area contributed by atoms with Crippen molar-refractivity contribution in [2.75, 3.05) is 5.32 Å². The fourth-order valence-electron chi connectivity index (χ4n) is 3.23. The summed E-state index contributed by atoms with van der Waals surface area (Å²) >= 11 is 0. The van der Waals surface area contributed by atoms with E-state index in [1.54, 1.807) is 12.3 Å². The summed E-state index contributed by atoms with van der Waals surface area (Å²) in [6.07, 6.45) is 3.84. The summed E-state index contributed by atoms with van der Waals surface area (Å²) in [5, 5.41) is 13.2. The second kappa shape index (κ2) is 7.96. The van der Waals surface area contributed by atoms with Gasteiger partial charge in [0.15, 0.2) is 0 Å². The molecule has 0 saturated heterocycles. The number of imidazole rings is 1. The lowest BCUT2D eigenvalue weighted by Crippen LogP contribution is -2.18. The van der Waals surface area contributed by atoms with Crippen LogP contribution in [0.15, 0.2) is 36.5 Å². The number of hydrogen-bond acceptors (Lipinski definition) is 5. The maximum atomic E-state index is 9.85. The van der Waals surface area contributed by atoms with E-state index in [-0.39, 0.29) is 6.04 Å². The number of fused-ring (bicyclic) bond motifs is 1. The summed E-state index contributed by atoms with van der Waals surface area (Å²) in [5.74, 6) is 0.748. The Morgan fingerprint density at radius 1 is 1.19 bits per heavy atom. The summed E-state index contributed by atoms with van der Waals surface area (Å²) in [6, 6.07) is 12.4. The van der Waals surface area contributed by atoms with Gasteiger partial charge in [-0.25, -0.2) is 15.0 Å². The van der Waals surface area contributed by atoms with Crippen molar-refractivity contribution in [2.45, 2.75) is 52.1 Å². The number of benzene rings is 1. The molecule has 0 radical (unpaired) electrons. The molecule has 3 aromatic rings. The largest absolute Gasteiger partial charge is 0.352 e. The topological polar surface area (TPSA) is 79.4 Å². The average molecular weight is 348 g/mol. The third kappa shape index (κ3) is 3.52. The predicted octanol–water partition coefficient (Wildman–Crippen LogP) is 4.10. The third-order valence-electron chi connectivity index (χ3n) is 4.46. The lowest BCUT2D eigenvalue weighted by molar-refractivity contribution is 0.679. The molecular formula is C20H24N6. The number of nitriles is 1. The molecule has 26 heavy (non-hydrogen) atoms. The van der Waals surface area contributed by atoms with E-state index in [2.05, 4.69) is 46.7 Å². The number of nitrogens with zero attached hydrogens (tertiary/aromatic N) is 5. The summed E-state index contributed by atoms with van der Waals surface area (Å²) < 4.78 is 2.08. The number of aryl methyl sites for hydroxylation is 1. The molecule has 0 fully saturated rings. The average Bonchev–Trinajstić information content (AvgIpc) is 3.01. The van der Waals surface area contributed by atoms with Crippen LogP contribution in [-0.2, 0) is 6.54 Å². The van der Waals surface area contributed by atoms with E-state index < -0.39 is 5.92 Å². The highest BCUT2D eigenvalue weighted by Crippen LogP contribution is 2.26. The third-order valence-corrected chi connectivity index (χ3v) is 4.46. The quantitative estimate of drug-likeness (QED) is 0.695. The summed E-state index contributed by atoms with van der Waals surface area (Å²) in [4.78, 5) is 13.6. The van der Waals surface area contributed by atoms with Crippen molar-refractivity contribution in [1.29, 1.82) is 5.26 Å². The SMILES string of the molecule is CCCC(C)Nc1nccc(C(C#N)c2nc3ccccc3n2CC)n1. The first kappa shape index (κ1) is 17.9. The number of hydrogen-bond donors (Lipinski definition) is 1. The minimum Gasteiger partial charge on any atom is -0.352 e. The van der Waals surface area contributed by atoms with Crippen molar-refractivity contribution >= 4 is 17.0 Å². The molecule has 0 amide bonds. The van der Waals surface area contributed by atoms with Crippen LogP contribution >= 0.6 is 0 Å². The van der Waals surface area contributed by atoms with Gasteiger partial charge >= 0.3 is 0 Å². The second-order valence-corrected chi connectivity index (χ2v) is 6.40. The summed E-state index contributed by atoms with van der Waals surface area (Å²) in [5.41, 5.74) is 2.60. The predicted molar refractivity (Wildman–Crippen MR) is 103 cm³/mol. The standard InChI is InChI=1S/C20H24N6/c1-4-8-14(3)23-20-22-12-11-16(25-20)15(13-21)19-24-17-9-6-7-10-18(17)26(19)5-2/h6-7,9-12,14-15H,4-5,8H2,1-3H3,(H,22,23,25). The first-order valence-corrected chi connectivity index (χ1v) is 9.12. The zero-order valence-corrected chi connectivity index (χ0v) is 15.5. The van der Waals surface area contributed by atoms with Crippen molar-refractivity contribution in [2.24, 2.45) is 0 Å². The van der Waals surface area contributed by atoms with Crippen molar-refractivity contribution in [3.63, 3.8) is 0 Å². The number of nitrogens with one attached hydrogen (secondary N) is 1. The molecule has 1 N–H and O–H groups in total. The van der Waals surface area contributed by atoms with E-state index in [0.29, 0.717) is 11.6 Å². The number of rotatable bonds is 7. The van der Waals surface area contributed by atoms with Gasteiger partial charge in [-0.2, -0.15) is 5.26 Å². The molecule has 3 rings (SSSR count). The first-order valence-electron chi connectivity index (χ1n) is 9.12. The number of anilines is 1. The number of aromatic nitrogens is 4. The van der Waals surface area contributed by atoms with Gasteiger partial charge in [-0.15, -0.1) is 0 Å². The highest BCUT2D eigenvalue weighted by atomic mass is 15.1. The van der Waals surface area contributed by atoms with Gasteiger partial charge < -0.3 is 9.88 Å². The normalized spacial score (nSPS) is 13.3. The van der Waals surface area contributed by atoms with Crippen molar-refractivity contribution in [3.8, 4) is 6.07 Å². The Kier molecular flexibility index (Phi) is 5.47. The Hall–Kier alpha value is -2.94. The van der Waals surface area contributed by atoms with Crippen molar-refractivity contribution in [3.05, 3.63) is 48.0 Å². The van der Waals surface area contributed by atoms with Crippen LogP contribution in [0, 0.1) is 11.3 Å². The Labute approximate surface area is 153 Å². The van der Waals surface area contributed by atoms with Gasteiger partial charge in [0.05, 0.1) is 22.8 Å². The molecule has 0 saturated carbocycles. The van der Waals surface area contributed by atoms with E-state index in [1.807, 2.05) is 24.3 Å². The van der Waals surface area contributed by atoms with Crippen molar-refractivity contribution in [1.82, 2.24) is 19.5 Å². The molecule has 0 bridgehead atoms. The van der Waals surface area contributed by atoms with Gasteiger partial charge in [0.2, 0.25) is 5.95 Å². The van der Waals surface area contributed by atoms with Crippen LogP contribution in [0.4, 0.5) is 5.95 Å².